The number of fused-ring (bicyclic) bond motifs is 2. The predicted molar refractivity (Wildman–Crippen MR) is 71.5 cm³/mol. The lowest BCUT2D eigenvalue weighted by molar-refractivity contribution is -0.184. The highest BCUT2D eigenvalue weighted by molar-refractivity contribution is 6.00. The molecule has 3 aliphatic rings. The third kappa shape index (κ3) is 1.06. The number of aliphatic imine (C=N–C) groups is 1. The molecule has 0 amide bonds. The third-order valence-electron chi connectivity index (χ3n) is 4.74. The zero-order chi connectivity index (χ0) is 14.7. The van der Waals surface area contributed by atoms with E-state index in [0.717, 1.165) is 5.56 Å². The fourth-order valence-electron chi connectivity index (χ4n) is 3.86. The van der Waals surface area contributed by atoms with Crippen LogP contribution in [0.4, 0.5) is 0 Å². The minimum absolute atomic E-state index is 0.127. The molecule has 0 unspecified atom stereocenters. The second-order valence-corrected chi connectivity index (χ2v) is 5.46. The molecule has 6 nitrogen and oxygen atoms in total. The number of ether oxygens (including phenoxy) is 2. The molecule has 1 aromatic rings. The van der Waals surface area contributed by atoms with Crippen molar-refractivity contribution in [1.29, 1.82) is 10.5 Å². The van der Waals surface area contributed by atoms with Gasteiger partial charge >= 0.3 is 0 Å². The van der Waals surface area contributed by atoms with Crippen molar-refractivity contribution in [2.45, 2.75) is 11.8 Å². The molecule has 1 saturated heterocycles. The Bertz CT molecular complexity index is 726. The zero-order valence-corrected chi connectivity index (χ0v) is 11.1. The molecule has 2 N–H and O–H groups in total. The molecule has 3 atom stereocenters. The van der Waals surface area contributed by atoms with Gasteiger partial charge in [-0.2, -0.15) is 10.5 Å². The standard InChI is InChI=1S/C15H12N4O2/c16-8-13-11(10-4-2-1-3-5-10)14(13,9-17)15(19-12(13)18)20-6-7-21-15/h1-5,11H,6-7H2,(H2,18,19)/t11-,13+,14+/m1/s1. The van der Waals surface area contributed by atoms with Gasteiger partial charge in [-0.3, -0.25) is 0 Å². The average molecular weight is 280 g/mol. The first kappa shape index (κ1) is 12.3. The fourth-order valence-corrected chi connectivity index (χ4v) is 3.86. The molecule has 2 aliphatic heterocycles. The van der Waals surface area contributed by atoms with Crippen LogP contribution in [0.3, 0.4) is 0 Å². The van der Waals surface area contributed by atoms with E-state index in [9.17, 15) is 10.5 Å². The second kappa shape index (κ2) is 3.62. The van der Waals surface area contributed by atoms with E-state index in [1.807, 2.05) is 30.3 Å². The molecule has 2 heterocycles. The summed E-state index contributed by atoms with van der Waals surface area (Å²) >= 11 is 0. The summed E-state index contributed by atoms with van der Waals surface area (Å²) in [6, 6.07) is 13.9. The Morgan fingerprint density at radius 1 is 1.14 bits per heavy atom. The number of hydrogen-bond donors (Lipinski definition) is 1. The Morgan fingerprint density at radius 3 is 2.38 bits per heavy atom. The number of hydrogen-bond acceptors (Lipinski definition) is 6. The van der Waals surface area contributed by atoms with Crippen molar-refractivity contribution >= 4 is 5.84 Å². The summed E-state index contributed by atoms with van der Waals surface area (Å²) in [6.07, 6.45) is 0. The lowest BCUT2D eigenvalue weighted by atomic mass is 9.94. The number of nitrogens with two attached hydrogens (primary N) is 1. The maximum Gasteiger partial charge on any atom is 0.293 e. The monoisotopic (exact) mass is 280 g/mol. The van der Waals surface area contributed by atoms with Crippen LogP contribution in [0.1, 0.15) is 11.5 Å². The molecule has 21 heavy (non-hydrogen) atoms. The van der Waals surface area contributed by atoms with E-state index in [4.69, 9.17) is 15.2 Å². The van der Waals surface area contributed by atoms with Gasteiger partial charge < -0.3 is 15.2 Å². The van der Waals surface area contributed by atoms with Gasteiger partial charge in [0.05, 0.1) is 25.4 Å². The van der Waals surface area contributed by atoms with Crippen LogP contribution in [-0.4, -0.2) is 25.0 Å². The molecule has 1 saturated carbocycles. The SMILES string of the molecule is N#C[C@]12C(N)=NC3(OCCO3)[C@@]1(C#N)[C@@H]2c1ccccc1. The maximum atomic E-state index is 9.85. The zero-order valence-electron chi connectivity index (χ0n) is 11.1. The highest BCUT2D eigenvalue weighted by Gasteiger charge is 2.94. The van der Waals surface area contributed by atoms with Gasteiger partial charge in [0.25, 0.3) is 5.91 Å². The molecule has 4 rings (SSSR count). The maximum absolute atomic E-state index is 9.85. The number of rotatable bonds is 1. The minimum atomic E-state index is -1.44. The number of nitrogens with zero attached hydrogens (tertiary/aromatic N) is 3. The summed E-state index contributed by atoms with van der Waals surface area (Å²) in [5.74, 6) is -1.71. The van der Waals surface area contributed by atoms with Gasteiger partial charge in [-0.15, -0.1) is 0 Å². The summed E-state index contributed by atoms with van der Waals surface area (Å²) in [6.45, 7) is 0.673. The van der Waals surface area contributed by atoms with Crippen molar-refractivity contribution in [2.24, 2.45) is 21.6 Å². The van der Waals surface area contributed by atoms with E-state index >= 15 is 0 Å². The van der Waals surface area contributed by atoms with Crippen molar-refractivity contribution in [3.05, 3.63) is 35.9 Å². The van der Waals surface area contributed by atoms with Crippen LogP contribution < -0.4 is 5.73 Å². The molecule has 2 fully saturated rings. The number of amidine groups is 1. The highest BCUT2D eigenvalue weighted by atomic mass is 16.8. The van der Waals surface area contributed by atoms with Crippen LogP contribution in [0.5, 0.6) is 0 Å². The van der Waals surface area contributed by atoms with Crippen LogP contribution in [0.2, 0.25) is 0 Å². The van der Waals surface area contributed by atoms with Gasteiger partial charge in [0, 0.05) is 5.92 Å². The van der Waals surface area contributed by atoms with Crippen molar-refractivity contribution in [3.63, 3.8) is 0 Å². The lowest BCUT2D eigenvalue weighted by Crippen LogP contribution is -2.38. The van der Waals surface area contributed by atoms with Crippen LogP contribution in [0, 0.1) is 33.5 Å². The summed E-state index contributed by atoms with van der Waals surface area (Å²) in [5.41, 5.74) is 4.51. The summed E-state index contributed by atoms with van der Waals surface area (Å²) in [5, 5.41) is 19.6. The van der Waals surface area contributed by atoms with Gasteiger partial charge in [0.1, 0.15) is 11.3 Å². The Labute approximate surface area is 121 Å². The van der Waals surface area contributed by atoms with Crippen LogP contribution >= 0.6 is 0 Å². The van der Waals surface area contributed by atoms with E-state index in [1.54, 1.807) is 0 Å². The quantitative estimate of drug-likeness (QED) is 0.822. The molecule has 104 valence electrons. The van der Waals surface area contributed by atoms with Gasteiger partial charge in [-0.25, -0.2) is 4.99 Å². The topological polar surface area (TPSA) is 104 Å². The van der Waals surface area contributed by atoms with E-state index in [-0.39, 0.29) is 5.84 Å². The highest BCUT2D eigenvalue weighted by Crippen LogP contribution is 2.82. The molecular weight excluding hydrogens is 268 g/mol. The van der Waals surface area contributed by atoms with Gasteiger partial charge in [-0.1, -0.05) is 30.3 Å². The molecule has 0 radical (unpaired) electrons. The Hall–Kier alpha value is -2.41. The summed E-state index contributed by atoms with van der Waals surface area (Å²) in [7, 11) is 0. The van der Waals surface area contributed by atoms with Crippen LogP contribution in [0.25, 0.3) is 0 Å². The van der Waals surface area contributed by atoms with E-state index < -0.39 is 22.7 Å². The van der Waals surface area contributed by atoms with E-state index in [1.165, 1.54) is 0 Å². The smallest absolute Gasteiger partial charge is 0.293 e. The number of nitriles is 2. The predicted octanol–water partition coefficient (Wildman–Crippen LogP) is 0.875. The molecule has 6 heteroatoms. The van der Waals surface area contributed by atoms with Crippen LogP contribution in [0.15, 0.2) is 35.3 Å². The van der Waals surface area contributed by atoms with Crippen molar-refractivity contribution in [2.75, 3.05) is 13.2 Å². The molecule has 0 aromatic heterocycles. The average Bonchev–Trinajstić information content (AvgIpc) is 2.78. The van der Waals surface area contributed by atoms with Crippen LogP contribution in [-0.2, 0) is 9.47 Å². The molecule has 1 spiro atoms. The molecular formula is C15H12N4O2. The van der Waals surface area contributed by atoms with Crippen molar-refractivity contribution < 1.29 is 9.47 Å². The van der Waals surface area contributed by atoms with Crippen molar-refractivity contribution in [1.82, 2.24) is 0 Å². The first-order valence-electron chi connectivity index (χ1n) is 6.70. The summed E-state index contributed by atoms with van der Waals surface area (Å²) < 4.78 is 11.3. The van der Waals surface area contributed by atoms with Gasteiger partial charge in [0.15, 0.2) is 5.41 Å². The fraction of sp³-hybridized carbons (Fsp3) is 0.400. The normalized spacial score (nSPS) is 38.4. The Morgan fingerprint density at radius 2 is 1.81 bits per heavy atom. The largest absolute Gasteiger partial charge is 0.386 e. The second-order valence-electron chi connectivity index (χ2n) is 5.46. The minimum Gasteiger partial charge on any atom is -0.386 e. The van der Waals surface area contributed by atoms with E-state index in [0.29, 0.717) is 13.2 Å². The van der Waals surface area contributed by atoms with E-state index in [2.05, 4.69) is 17.1 Å². The molecule has 1 aromatic carbocycles. The Balaban J connectivity index is 1.95. The number of benzene rings is 1. The molecule has 1 aliphatic carbocycles. The van der Waals surface area contributed by atoms with Gasteiger partial charge in [-0.05, 0) is 5.56 Å². The molecule has 0 bridgehead atoms. The summed E-state index contributed by atoms with van der Waals surface area (Å²) in [4.78, 5) is 4.22. The first-order chi connectivity index (χ1) is 10.2. The lowest BCUT2D eigenvalue weighted by Gasteiger charge is -2.25. The van der Waals surface area contributed by atoms with Crippen molar-refractivity contribution in [3.8, 4) is 12.1 Å². The Kier molecular flexibility index (Phi) is 2.12. The van der Waals surface area contributed by atoms with Gasteiger partial charge in [0.2, 0.25) is 0 Å². The third-order valence-corrected chi connectivity index (χ3v) is 4.74. The first-order valence-corrected chi connectivity index (χ1v) is 6.70.